The molecule has 0 amide bonds. The van der Waals surface area contributed by atoms with Crippen molar-refractivity contribution in [1.82, 2.24) is 25.5 Å². The van der Waals surface area contributed by atoms with E-state index in [1.54, 1.807) is 0 Å². The number of ether oxygens (including phenoxy) is 1. The first-order valence-electron chi connectivity index (χ1n) is 6.68. The average Bonchev–Trinajstić information content (AvgIpc) is 2.76. The van der Waals surface area contributed by atoms with Gasteiger partial charge in [0.2, 0.25) is 0 Å². The van der Waals surface area contributed by atoms with E-state index in [1.165, 1.54) is 0 Å². The summed E-state index contributed by atoms with van der Waals surface area (Å²) in [5.74, 6) is 0.916. The monoisotopic (exact) mass is 253 g/mol. The van der Waals surface area contributed by atoms with Crippen LogP contribution in [0.3, 0.4) is 0 Å². The highest BCUT2D eigenvalue weighted by Crippen LogP contribution is 2.32. The van der Waals surface area contributed by atoms with Gasteiger partial charge in [-0.05, 0) is 50.6 Å². The van der Waals surface area contributed by atoms with Crippen LogP contribution in [-0.2, 0) is 4.74 Å². The summed E-state index contributed by atoms with van der Waals surface area (Å²) in [5.41, 5.74) is -0.0897. The Morgan fingerprint density at radius 3 is 3.00 bits per heavy atom. The zero-order valence-electron chi connectivity index (χ0n) is 11.7. The summed E-state index contributed by atoms with van der Waals surface area (Å²) >= 11 is 0. The highest BCUT2D eigenvalue weighted by Gasteiger charge is 2.32. The number of aromatic nitrogens is 4. The van der Waals surface area contributed by atoms with Gasteiger partial charge >= 0.3 is 0 Å². The molecule has 2 rings (SSSR count). The van der Waals surface area contributed by atoms with Crippen LogP contribution in [-0.4, -0.2) is 39.0 Å². The summed E-state index contributed by atoms with van der Waals surface area (Å²) in [4.78, 5) is 0. The molecule has 0 aromatic carbocycles. The summed E-state index contributed by atoms with van der Waals surface area (Å²) in [6, 6.07) is 0.510. The van der Waals surface area contributed by atoms with Gasteiger partial charge in [-0.1, -0.05) is 6.92 Å². The number of tetrazole rings is 1. The van der Waals surface area contributed by atoms with E-state index in [9.17, 15) is 0 Å². The van der Waals surface area contributed by atoms with E-state index in [0.29, 0.717) is 6.04 Å². The normalized spacial score (nSPS) is 25.0. The van der Waals surface area contributed by atoms with E-state index in [1.807, 2.05) is 4.68 Å². The van der Waals surface area contributed by atoms with Crippen molar-refractivity contribution in [1.29, 1.82) is 0 Å². The molecule has 1 aromatic heterocycles. The first-order chi connectivity index (χ1) is 8.53. The molecule has 1 N–H and O–H groups in total. The van der Waals surface area contributed by atoms with Gasteiger partial charge in [0.05, 0.1) is 17.7 Å². The zero-order chi connectivity index (χ0) is 13.2. The van der Waals surface area contributed by atoms with E-state index in [4.69, 9.17) is 4.74 Å². The van der Waals surface area contributed by atoms with E-state index in [-0.39, 0.29) is 11.6 Å². The minimum Gasteiger partial charge on any atom is -0.375 e. The van der Waals surface area contributed by atoms with Crippen molar-refractivity contribution in [3.63, 3.8) is 0 Å². The number of hydrogen-bond acceptors (Lipinski definition) is 5. The second kappa shape index (κ2) is 5.32. The first-order valence-corrected chi connectivity index (χ1v) is 6.68. The third kappa shape index (κ3) is 2.87. The second-order valence-electron chi connectivity index (χ2n) is 5.52. The molecule has 1 fully saturated rings. The number of hydrogen-bond donors (Lipinski definition) is 1. The lowest BCUT2D eigenvalue weighted by Gasteiger charge is -2.35. The average molecular weight is 253 g/mol. The van der Waals surface area contributed by atoms with Crippen LogP contribution in [0.25, 0.3) is 0 Å². The molecule has 0 radical (unpaired) electrons. The Morgan fingerprint density at radius 1 is 1.56 bits per heavy atom. The highest BCUT2D eigenvalue weighted by molar-refractivity contribution is 4.94. The molecule has 2 unspecified atom stereocenters. The number of nitrogens with one attached hydrogen (secondary N) is 1. The molecule has 0 bridgehead atoms. The maximum atomic E-state index is 5.74. The highest BCUT2D eigenvalue weighted by atomic mass is 16.5. The van der Waals surface area contributed by atoms with Crippen LogP contribution in [0.15, 0.2) is 0 Å². The quantitative estimate of drug-likeness (QED) is 0.880. The van der Waals surface area contributed by atoms with E-state index in [2.05, 4.69) is 48.5 Å². The Morgan fingerprint density at radius 2 is 2.33 bits per heavy atom. The first kappa shape index (κ1) is 13.4. The molecule has 6 nitrogen and oxygen atoms in total. The fourth-order valence-electron chi connectivity index (χ4n) is 2.55. The molecular formula is C12H23N5O. The van der Waals surface area contributed by atoms with Crippen molar-refractivity contribution in [2.45, 2.75) is 58.2 Å². The molecule has 2 heterocycles. The van der Waals surface area contributed by atoms with E-state index < -0.39 is 0 Å². The van der Waals surface area contributed by atoms with Crippen molar-refractivity contribution >= 4 is 0 Å². The molecule has 18 heavy (non-hydrogen) atoms. The van der Waals surface area contributed by atoms with Gasteiger partial charge in [0.25, 0.3) is 0 Å². The van der Waals surface area contributed by atoms with Crippen LogP contribution in [0.4, 0.5) is 0 Å². The molecule has 1 aliphatic rings. The zero-order valence-corrected chi connectivity index (χ0v) is 11.7. The van der Waals surface area contributed by atoms with Crippen molar-refractivity contribution in [2.75, 3.05) is 13.2 Å². The van der Waals surface area contributed by atoms with Gasteiger partial charge in [-0.3, -0.25) is 0 Å². The minimum absolute atomic E-state index is 0.0897. The number of nitrogens with zero attached hydrogens (tertiary/aromatic N) is 4. The maximum Gasteiger partial charge on any atom is 0.168 e. The summed E-state index contributed by atoms with van der Waals surface area (Å²) in [5, 5.41) is 15.5. The van der Waals surface area contributed by atoms with Gasteiger partial charge in [-0.25, -0.2) is 4.68 Å². The van der Waals surface area contributed by atoms with Crippen molar-refractivity contribution in [3.05, 3.63) is 5.82 Å². The molecule has 6 heteroatoms. The van der Waals surface area contributed by atoms with Crippen LogP contribution in [0.5, 0.6) is 0 Å². The molecule has 102 valence electrons. The lowest BCUT2D eigenvalue weighted by molar-refractivity contribution is -0.0715. The number of rotatable bonds is 4. The Kier molecular flexibility index (Phi) is 3.97. The molecular weight excluding hydrogens is 230 g/mol. The second-order valence-corrected chi connectivity index (χ2v) is 5.52. The molecule has 0 aliphatic carbocycles. The molecule has 1 aromatic rings. The van der Waals surface area contributed by atoms with Crippen LogP contribution in [0.1, 0.15) is 58.4 Å². The fraction of sp³-hybridized carbons (Fsp3) is 0.917. The van der Waals surface area contributed by atoms with Gasteiger partial charge < -0.3 is 10.1 Å². The lowest BCUT2D eigenvalue weighted by atomic mass is 9.94. The Bertz CT molecular complexity index is 390. The Labute approximate surface area is 108 Å². The summed E-state index contributed by atoms with van der Waals surface area (Å²) < 4.78 is 7.71. The molecule has 0 spiro atoms. The van der Waals surface area contributed by atoms with Crippen molar-refractivity contribution < 1.29 is 4.74 Å². The van der Waals surface area contributed by atoms with E-state index in [0.717, 1.165) is 31.8 Å². The van der Waals surface area contributed by atoms with E-state index >= 15 is 0 Å². The largest absolute Gasteiger partial charge is 0.375 e. The fourth-order valence-corrected chi connectivity index (χ4v) is 2.55. The molecule has 0 saturated carbocycles. The molecule has 1 aliphatic heterocycles. The summed E-state index contributed by atoms with van der Waals surface area (Å²) in [7, 11) is 0. The third-order valence-corrected chi connectivity index (χ3v) is 3.43. The van der Waals surface area contributed by atoms with Crippen LogP contribution in [0.2, 0.25) is 0 Å². The molecule has 1 saturated heterocycles. The smallest absolute Gasteiger partial charge is 0.168 e. The maximum absolute atomic E-state index is 5.74. The van der Waals surface area contributed by atoms with Gasteiger partial charge in [-0.2, -0.15) is 0 Å². The van der Waals surface area contributed by atoms with Gasteiger partial charge in [0.1, 0.15) is 0 Å². The predicted octanol–water partition coefficient (Wildman–Crippen LogP) is 1.47. The lowest BCUT2D eigenvalue weighted by Crippen LogP contribution is -2.36. The topological polar surface area (TPSA) is 64.9 Å². The molecule has 2 atom stereocenters. The third-order valence-electron chi connectivity index (χ3n) is 3.43. The standard InChI is InChI=1S/C12H23N5O/c1-5-13-9(2)11-14-15-16-17(11)10-6-7-18-12(3,4)8-10/h9-10,13H,5-8H2,1-4H3. The summed E-state index contributed by atoms with van der Waals surface area (Å²) in [6.45, 7) is 10.1. The van der Waals surface area contributed by atoms with Gasteiger partial charge in [-0.15, -0.1) is 5.10 Å². The van der Waals surface area contributed by atoms with Gasteiger partial charge in [0.15, 0.2) is 5.82 Å². The van der Waals surface area contributed by atoms with Crippen molar-refractivity contribution in [2.24, 2.45) is 0 Å². The van der Waals surface area contributed by atoms with Crippen LogP contribution < -0.4 is 5.32 Å². The van der Waals surface area contributed by atoms with Crippen LogP contribution in [0, 0.1) is 0 Å². The summed E-state index contributed by atoms with van der Waals surface area (Å²) in [6.07, 6.45) is 1.92. The SMILES string of the molecule is CCNC(C)c1nnnn1C1CCOC(C)(C)C1. The Balaban J connectivity index is 2.15. The van der Waals surface area contributed by atoms with Crippen LogP contribution >= 0.6 is 0 Å². The minimum atomic E-state index is -0.0897. The van der Waals surface area contributed by atoms with Crippen molar-refractivity contribution in [3.8, 4) is 0 Å². The van der Waals surface area contributed by atoms with Gasteiger partial charge in [0, 0.05) is 6.61 Å². The Hall–Kier alpha value is -1.01. The predicted molar refractivity (Wildman–Crippen MR) is 68.2 cm³/mol.